The third kappa shape index (κ3) is 3.12. The van der Waals surface area contributed by atoms with Gasteiger partial charge in [-0.1, -0.05) is 11.6 Å². The molecule has 1 N–H and O–H groups in total. The predicted molar refractivity (Wildman–Crippen MR) is 74.9 cm³/mol. The fourth-order valence-corrected chi connectivity index (χ4v) is 2.43. The average molecular weight is 348 g/mol. The fourth-order valence-electron chi connectivity index (χ4n) is 1.37. The molecule has 0 radical (unpaired) electrons. The monoisotopic (exact) mass is 347 g/mol. The minimum Gasteiger partial charge on any atom is -0.382 e. The van der Waals surface area contributed by atoms with Crippen molar-refractivity contribution in [2.75, 3.05) is 11.9 Å². The lowest BCUT2D eigenvalue weighted by atomic mass is 10.3. The largest absolute Gasteiger partial charge is 0.382 e. The van der Waals surface area contributed by atoms with Crippen molar-refractivity contribution < 1.29 is 0 Å². The number of halogens is 2. The van der Waals surface area contributed by atoms with Gasteiger partial charge in [0.2, 0.25) is 0 Å². The van der Waals surface area contributed by atoms with E-state index in [9.17, 15) is 0 Å². The van der Waals surface area contributed by atoms with E-state index in [1.807, 2.05) is 35.1 Å². The standard InChI is InChI=1S/C11H11ClIN3/c12-9-2-3-11(10(13)8-9)14-5-7-16-6-1-4-15-16/h1-4,6,8,14H,5,7H2. The molecule has 0 amide bonds. The van der Waals surface area contributed by atoms with Crippen LogP contribution in [0.2, 0.25) is 5.02 Å². The highest BCUT2D eigenvalue weighted by Gasteiger charge is 1.99. The van der Waals surface area contributed by atoms with E-state index in [0.717, 1.165) is 27.4 Å². The number of anilines is 1. The fraction of sp³-hybridized carbons (Fsp3) is 0.182. The van der Waals surface area contributed by atoms with E-state index in [1.54, 1.807) is 6.20 Å². The molecule has 2 aromatic rings. The first-order valence-corrected chi connectivity index (χ1v) is 6.38. The molecular weight excluding hydrogens is 336 g/mol. The number of aromatic nitrogens is 2. The van der Waals surface area contributed by atoms with E-state index in [4.69, 9.17) is 11.6 Å². The molecule has 0 bridgehead atoms. The van der Waals surface area contributed by atoms with Crippen molar-refractivity contribution in [3.05, 3.63) is 45.3 Å². The molecule has 5 heteroatoms. The van der Waals surface area contributed by atoms with E-state index in [-0.39, 0.29) is 0 Å². The van der Waals surface area contributed by atoms with E-state index < -0.39 is 0 Å². The summed E-state index contributed by atoms with van der Waals surface area (Å²) >= 11 is 8.16. The van der Waals surface area contributed by atoms with Gasteiger partial charge in [-0.05, 0) is 46.9 Å². The Balaban J connectivity index is 1.90. The van der Waals surface area contributed by atoms with Gasteiger partial charge in [-0.15, -0.1) is 0 Å². The second-order valence-electron chi connectivity index (χ2n) is 3.32. The Labute approximate surface area is 113 Å². The van der Waals surface area contributed by atoms with Gasteiger partial charge in [0.15, 0.2) is 0 Å². The molecule has 2 rings (SSSR count). The van der Waals surface area contributed by atoms with Crippen molar-refractivity contribution in [3.8, 4) is 0 Å². The lowest BCUT2D eigenvalue weighted by molar-refractivity contribution is 0.638. The Morgan fingerprint density at radius 3 is 3.00 bits per heavy atom. The zero-order valence-corrected chi connectivity index (χ0v) is 11.4. The lowest BCUT2D eigenvalue weighted by Crippen LogP contribution is -2.11. The molecule has 84 valence electrons. The first-order valence-electron chi connectivity index (χ1n) is 4.92. The second-order valence-corrected chi connectivity index (χ2v) is 4.92. The molecule has 0 atom stereocenters. The maximum absolute atomic E-state index is 5.89. The first kappa shape index (κ1) is 11.7. The van der Waals surface area contributed by atoms with Crippen LogP contribution in [0.3, 0.4) is 0 Å². The van der Waals surface area contributed by atoms with Crippen molar-refractivity contribution in [1.82, 2.24) is 9.78 Å². The molecule has 3 nitrogen and oxygen atoms in total. The Kier molecular flexibility index (Phi) is 4.06. The summed E-state index contributed by atoms with van der Waals surface area (Å²) in [7, 11) is 0. The number of nitrogens with zero attached hydrogens (tertiary/aromatic N) is 2. The smallest absolute Gasteiger partial charge is 0.0582 e. The number of nitrogens with one attached hydrogen (secondary N) is 1. The normalized spacial score (nSPS) is 10.4. The highest BCUT2D eigenvalue weighted by molar-refractivity contribution is 14.1. The summed E-state index contributed by atoms with van der Waals surface area (Å²) in [6.45, 7) is 1.70. The van der Waals surface area contributed by atoms with Crippen LogP contribution >= 0.6 is 34.2 Å². The summed E-state index contributed by atoms with van der Waals surface area (Å²) in [5.41, 5.74) is 1.11. The Morgan fingerprint density at radius 2 is 2.31 bits per heavy atom. The summed E-state index contributed by atoms with van der Waals surface area (Å²) in [5, 5.41) is 8.25. The first-order chi connectivity index (χ1) is 7.75. The van der Waals surface area contributed by atoms with Crippen molar-refractivity contribution in [3.63, 3.8) is 0 Å². The summed E-state index contributed by atoms with van der Waals surface area (Å²) in [6, 6.07) is 7.75. The third-order valence-corrected chi connectivity index (χ3v) is 3.27. The van der Waals surface area contributed by atoms with Crippen LogP contribution in [0.5, 0.6) is 0 Å². The zero-order valence-electron chi connectivity index (χ0n) is 8.53. The van der Waals surface area contributed by atoms with Gasteiger partial charge in [0.05, 0.1) is 6.54 Å². The molecule has 0 aliphatic carbocycles. The third-order valence-electron chi connectivity index (χ3n) is 2.15. The van der Waals surface area contributed by atoms with Crippen LogP contribution in [0, 0.1) is 3.57 Å². The summed E-state index contributed by atoms with van der Waals surface area (Å²) in [5.74, 6) is 0. The molecule has 0 aliphatic rings. The topological polar surface area (TPSA) is 29.9 Å². The molecule has 0 unspecified atom stereocenters. The zero-order chi connectivity index (χ0) is 11.4. The molecular formula is C11H11ClIN3. The van der Waals surface area contributed by atoms with E-state index in [0.29, 0.717) is 0 Å². The van der Waals surface area contributed by atoms with Crippen LogP contribution in [0.1, 0.15) is 0 Å². The highest BCUT2D eigenvalue weighted by Crippen LogP contribution is 2.21. The Hall–Kier alpha value is -0.750. The van der Waals surface area contributed by atoms with E-state index in [1.165, 1.54) is 0 Å². The molecule has 0 fully saturated rings. The predicted octanol–water partition coefficient (Wildman–Crippen LogP) is 3.25. The van der Waals surface area contributed by atoms with Gasteiger partial charge >= 0.3 is 0 Å². The summed E-state index contributed by atoms with van der Waals surface area (Å²) < 4.78 is 3.03. The molecule has 1 aromatic carbocycles. The Bertz CT molecular complexity index is 456. The molecule has 1 heterocycles. The second kappa shape index (κ2) is 5.54. The minimum absolute atomic E-state index is 0.766. The van der Waals surface area contributed by atoms with E-state index in [2.05, 4.69) is 33.0 Å². The van der Waals surface area contributed by atoms with Crippen LogP contribution < -0.4 is 5.32 Å². The van der Waals surface area contributed by atoms with Crippen molar-refractivity contribution in [2.45, 2.75) is 6.54 Å². The van der Waals surface area contributed by atoms with Gasteiger partial charge in [0.1, 0.15) is 0 Å². The molecule has 1 aromatic heterocycles. The molecule has 0 aliphatic heterocycles. The average Bonchev–Trinajstić information content (AvgIpc) is 2.74. The van der Waals surface area contributed by atoms with Crippen LogP contribution in [0.25, 0.3) is 0 Å². The van der Waals surface area contributed by atoms with Crippen molar-refractivity contribution >= 4 is 39.9 Å². The maximum Gasteiger partial charge on any atom is 0.0582 e. The molecule has 16 heavy (non-hydrogen) atoms. The van der Waals surface area contributed by atoms with Gasteiger partial charge in [-0.3, -0.25) is 4.68 Å². The molecule has 0 saturated heterocycles. The summed E-state index contributed by atoms with van der Waals surface area (Å²) in [4.78, 5) is 0. The van der Waals surface area contributed by atoms with Crippen LogP contribution in [0.4, 0.5) is 5.69 Å². The number of hydrogen-bond acceptors (Lipinski definition) is 2. The van der Waals surface area contributed by atoms with Crippen molar-refractivity contribution in [1.29, 1.82) is 0 Å². The SMILES string of the molecule is Clc1ccc(NCCn2cccn2)c(I)c1. The van der Waals surface area contributed by atoms with Gasteiger partial charge in [-0.2, -0.15) is 5.10 Å². The van der Waals surface area contributed by atoms with Crippen LogP contribution in [-0.4, -0.2) is 16.3 Å². The summed E-state index contributed by atoms with van der Waals surface area (Å²) in [6.07, 6.45) is 3.74. The van der Waals surface area contributed by atoms with Gasteiger partial charge in [0.25, 0.3) is 0 Å². The minimum atomic E-state index is 0.766. The van der Waals surface area contributed by atoms with Gasteiger partial charge in [-0.25, -0.2) is 0 Å². The highest BCUT2D eigenvalue weighted by atomic mass is 127. The molecule has 0 saturated carbocycles. The lowest BCUT2D eigenvalue weighted by Gasteiger charge is -2.08. The van der Waals surface area contributed by atoms with E-state index >= 15 is 0 Å². The van der Waals surface area contributed by atoms with Crippen LogP contribution in [-0.2, 0) is 6.54 Å². The van der Waals surface area contributed by atoms with Crippen molar-refractivity contribution in [2.24, 2.45) is 0 Å². The quantitative estimate of drug-likeness (QED) is 0.861. The number of hydrogen-bond donors (Lipinski definition) is 1. The van der Waals surface area contributed by atoms with Gasteiger partial charge in [0, 0.05) is 33.2 Å². The van der Waals surface area contributed by atoms with Crippen LogP contribution in [0.15, 0.2) is 36.7 Å². The van der Waals surface area contributed by atoms with Gasteiger partial charge < -0.3 is 5.32 Å². The Morgan fingerprint density at radius 1 is 1.44 bits per heavy atom. The molecule has 0 spiro atoms. The number of benzene rings is 1. The number of rotatable bonds is 4. The maximum atomic E-state index is 5.89.